The third kappa shape index (κ3) is 4.74. The summed E-state index contributed by atoms with van der Waals surface area (Å²) in [6.07, 6.45) is 4.38. The lowest BCUT2D eigenvalue weighted by atomic mass is 10.0. The van der Waals surface area contributed by atoms with E-state index in [-0.39, 0.29) is 33.3 Å². The Balaban J connectivity index is 1.52. The van der Waals surface area contributed by atoms with Crippen molar-refractivity contribution in [3.63, 3.8) is 0 Å². The quantitative estimate of drug-likeness (QED) is 0.248. The molecular weight excluding hydrogens is 544 g/mol. The molecule has 6 aromatic rings. The fourth-order valence-electron chi connectivity index (χ4n) is 4.90. The number of carbonyl (C=O) groups is 1. The van der Waals surface area contributed by atoms with Gasteiger partial charge in [-0.2, -0.15) is 0 Å². The number of furan rings is 1. The Morgan fingerprint density at radius 1 is 1.02 bits per heavy atom. The minimum absolute atomic E-state index is 0.161. The molecule has 10 nitrogen and oxygen atoms in total. The van der Waals surface area contributed by atoms with E-state index >= 15 is 0 Å². The number of nitrogens with zero attached hydrogens (tertiary/aromatic N) is 3. The molecule has 204 valence electrons. The van der Waals surface area contributed by atoms with Gasteiger partial charge in [-0.3, -0.25) is 19.0 Å². The highest BCUT2D eigenvalue weighted by Crippen LogP contribution is 2.34. The van der Waals surface area contributed by atoms with Crippen LogP contribution in [-0.4, -0.2) is 25.4 Å². The monoisotopic (exact) mass is 566 g/mol. The second kappa shape index (κ2) is 10.7. The second-order valence-corrected chi connectivity index (χ2v) is 9.70. The van der Waals surface area contributed by atoms with E-state index in [1.54, 1.807) is 54.6 Å². The summed E-state index contributed by atoms with van der Waals surface area (Å²) >= 11 is 7.07. The molecular formula is C30H23ClN6O4. The number of amides is 1. The molecule has 0 aliphatic heterocycles. The first-order valence-electron chi connectivity index (χ1n) is 12.8. The average Bonchev–Trinajstić information content (AvgIpc) is 3.51. The number of pyridine rings is 2. The van der Waals surface area contributed by atoms with E-state index in [4.69, 9.17) is 16.0 Å². The van der Waals surface area contributed by atoms with Gasteiger partial charge < -0.3 is 20.0 Å². The van der Waals surface area contributed by atoms with Crippen LogP contribution in [0.2, 0.25) is 5.02 Å². The van der Waals surface area contributed by atoms with Gasteiger partial charge in [-0.05, 0) is 37.3 Å². The van der Waals surface area contributed by atoms with Gasteiger partial charge >= 0.3 is 0 Å². The fourth-order valence-corrected chi connectivity index (χ4v) is 5.30. The van der Waals surface area contributed by atoms with Crippen LogP contribution in [0.5, 0.6) is 0 Å². The second-order valence-electron chi connectivity index (χ2n) is 9.32. The molecule has 41 heavy (non-hydrogen) atoms. The fraction of sp³-hybridized carbons (Fsp3) is 0.100. The lowest BCUT2D eigenvalue weighted by molar-refractivity contribution is 0.0949. The third-order valence-corrected chi connectivity index (χ3v) is 7.16. The number of aromatic amines is 1. The minimum atomic E-state index is -0.603. The molecule has 0 saturated carbocycles. The Labute approximate surface area is 237 Å². The smallest absolute Gasteiger partial charge is 0.264 e. The number of H-pyrrole nitrogens is 1. The highest BCUT2D eigenvalue weighted by molar-refractivity contribution is 6.36. The maximum Gasteiger partial charge on any atom is 0.264 e. The Kier molecular flexibility index (Phi) is 6.82. The van der Waals surface area contributed by atoms with Crippen LogP contribution in [0.25, 0.3) is 27.5 Å². The van der Waals surface area contributed by atoms with Crippen molar-refractivity contribution in [3.05, 3.63) is 128 Å². The number of benzene rings is 2. The van der Waals surface area contributed by atoms with Crippen LogP contribution >= 0.6 is 11.6 Å². The Hall–Kier alpha value is -5.22. The van der Waals surface area contributed by atoms with Gasteiger partial charge in [-0.15, -0.1) is 0 Å². The van der Waals surface area contributed by atoms with Gasteiger partial charge in [0, 0.05) is 23.3 Å². The minimum Gasteiger partial charge on any atom is -0.467 e. The molecule has 4 heterocycles. The molecule has 0 saturated heterocycles. The zero-order chi connectivity index (χ0) is 28.5. The normalized spacial score (nSPS) is 12.0. The van der Waals surface area contributed by atoms with Gasteiger partial charge in [0.2, 0.25) is 0 Å². The predicted molar refractivity (Wildman–Crippen MR) is 157 cm³/mol. The average molecular weight is 567 g/mol. The van der Waals surface area contributed by atoms with Crippen LogP contribution in [0.3, 0.4) is 0 Å². The molecule has 0 radical (unpaired) electrons. The number of hydrogen-bond acceptors (Lipinski definition) is 7. The summed E-state index contributed by atoms with van der Waals surface area (Å²) in [5, 5.41) is 7.22. The molecule has 0 aliphatic rings. The van der Waals surface area contributed by atoms with Crippen molar-refractivity contribution in [1.82, 2.24) is 24.8 Å². The van der Waals surface area contributed by atoms with E-state index in [2.05, 4.69) is 25.6 Å². The first-order chi connectivity index (χ1) is 19.9. The molecule has 1 unspecified atom stereocenters. The van der Waals surface area contributed by atoms with E-state index in [1.165, 1.54) is 29.4 Å². The van der Waals surface area contributed by atoms with Crippen LogP contribution in [0.4, 0.5) is 5.82 Å². The van der Waals surface area contributed by atoms with Gasteiger partial charge in [0.1, 0.15) is 28.9 Å². The molecule has 1 atom stereocenters. The molecule has 0 spiro atoms. The summed E-state index contributed by atoms with van der Waals surface area (Å²) in [5.74, 6) is 0.431. The number of carbonyl (C=O) groups excluding carboxylic acids is 1. The molecule has 1 amide bonds. The van der Waals surface area contributed by atoms with Gasteiger partial charge in [-0.25, -0.2) is 9.97 Å². The van der Waals surface area contributed by atoms with E-state index in [0.29, 0.717) is 34.0 Å². The molecule has 11 heteroatoms. The molecule has 0 aliphatic carbocycles. The number of nitrogens with one attached hydrogen (secondary N) is 3. The van der Waals surface area contributed by atoms with Gasteiger partial charge in [0.15, 0.2) is 5.43 Å². The summed E-state index contributed by atoms with van der Waals surface area (Å²) < 4.78 is 6.80. The summed E-state index contributed by atoms with van der Waals surface area (Å²) in [5.41, 5.74) is 0.866. The van der Waals surface area contributed by atoms with Gasteiger partial charge in [0.25, 0.3) is 11.5 Å². The van der Waals surface area contributed by atoms with Crippen molar-refractivity contribution in [2.75, 3.05) is 5.32 Å². The van der Waals surface area contributed by atoms with Crippen molar-refractivity contribution in [2.45, 2.75) is 19.5 Å². The van der Waals surface area contributed by atoms with Crippen molar-refractivity contribution in [3.8, 4) is 5.69 Å². The summed E-state index contributed by atoms with van der Waals surface area (Å²) in [7, 11) is 0. The van der Waals surface area contributed by atoms with Crippen molar-refractivity contribution < 1.29 is 9.21 Å². The molecule has 0 bridgehead atoms. The Bertz CT molecular complexity index is 2010. The number of rotatable bonds is 7. The standard InChI is InChI=1S/C30H23ClN6O4/c1-17(36-28-24-22(38)12-13-32-27(24)34-16-35-28)26-25(31)20-10-5-11-21(29(39)33-15-19-9-6-14-41-19)23(20)30(40)37(26)18-7-3-2-4-8-18/h2-14,16-17H,15H2,1H3,(H,33,39)(H2,32,34,35,36,38). The zero-order valence-electron chi connectivity index (χ0n) is 21.7. The van der Waals surface area contributed by atoms with Crippen LogP contribution in [0.15, 0.2) is 99.5 Å². The van der Waals surface area contributed by atoms with Crippen molar-refractivity contribution in [1.29, 1.82) is 0 Å². The maximum absolute atomic E-state index is 14.3. The number of para-hydroxylation sites is 1. The topological polar surface area (TPSA) is 135 Å². The highest BCUT2D eigenvalue weighted by atomic mass is 35.5. The number of hydrogen-bond donors (Lipinski definition) is 3. The zero-order valence-corrected chi connectivity index (χ0v) is 22.5. The molecule has 6 rings (SSSR count). The van der Waals surface area contributed by atoms with Crippen LogP contribution in [-0.2, 0) is 6.54 Å². The van der Waals surface area contributed by atoms with Crippen LogP contribution in [0, 0.1) is 0 Å². The Morgan fingerprint density at radius 2 is 1.85 bits per heavy atom. The first-order valence-corrected chi connectivity index (χ1v) is 13.1. The first kappa shape index (κ1) is 26.0. The number of anilines is 1. The number of fused-ring (bicyclic) bond motifs is 2. The summed E-state index contributed by atoms with van der Waals surface area (Å²) in [4.78, 5) is 51.6. The summed E-state index contributed by atoms with van der Waals surface area (Å²) in [6, 6.07) is 18.3. The third-order valence-electron chi connectivity index (χ3n) is 6.76. The predicted octanol–water partition coefficient (Wildman–Crippen LogP) is 4.97. The summed E-state index contributed by atoms with van der Waals surface area (Å²) in [6.45, 7) is 1.98. The van der Waals surface area contributed by atoms with Crippen LogP contribution in [0.1, 0.15) is 34.8 Å². The highest BCUT2D eigenvalue weighted by Gasteiger charge is 2.25. The largest absolute Gasteiger partial charge is 0.467 e. The SMILES string of the molecule is CC(Nc1ncnc2[nH]ccc(=O)c12)c1c(Cl)c2cccc(C(=O)NCc3ccco3)c2c(=O)n1-c1ccccc1. The lowest BCUT2D eigenvalue weighted by Crippen LogP contribution is -2.29. The lowest BCUT2D eigenvalue weighted by Gasteiger charge is -2.24. The molecule has 4 aromatic heterocycles. The van der Waals surface area contributed by atoms with E-state index in [0.717, 1.165) is 0 Å². The van der Waals surface area contributed by atoms with Crippen LogP contribution < -0.4 is 21.6 Å². The molecule has 3 N–H and O–H groups in total. The molecule has 2 aromatic carbocycles. The van der Waals surface area contributed by atoms with E-state index < -0.39 is 17.5 Å². The van der Waals surface area contributed by atoms with Crippen molar-refractivity contribution >= 4 is 45.1 Å². The van der Waals surface area contributed by atoms with Gasteiger partial charge in [0.05, 0.1) is 40.5 Å². The number of aromatic nitrogens is 4. The van der Waals surface area contributed by atoms with Gasteiger partial charge in [-0.1, -0.05) is 41.9 Å². The van der Waals surface area contributed by atoms with E-state index in [1.807, 2.05) is 13.0 Å². The number of halogens is 1. The van der Waals surface area contributed by atoms with E-state index in [9.17, 15) is 14.4 Å². The van der Waals surface area contributed by atoms with Crippen molar-refractivity contribution in [2.24, 2.45) is 0 Å². The maximum atomic E-state index is 14.3. The molecule has 0 fully saturated rings. The Morgan fingerprint density at radius 3 is 2.63 bits per heavy atom.